The van der Waals surface area contributed by atoms with E-state index in [0.29, 0.717) is 32.4 Å². The van der Waals surface area contributed by atoms with Crippen molar-refractivity contribution in [3.05, 3.63) is 88.2 Å². The number of halogens is 1. The van der Waals surface area contributed by atoms with Gasteiger partial charge in [-0.15, -0.1) is 0 Å². The van der Waals surface area contributed by atoms with Crippen molar-refractivity contribution < 1.29 is 9.00 Å². The normalized spacial score (nSPS) is 12.4. The van der Waals surface area contributed by atoms with E-state index in [1.54, 1.807) is 43.5 Å². The second-order valence-electron chi connectivity index (χ2n) is 7.79. The summed E-state index contributed by atoms with van der Waals surface area (Å²) in [6, 6.07) is 16.1. The predicted molar refractivity (Wildman–Crippen MR) is 124 cm³/mol. The van der Waals surface area contributed by atoms with Gasteiger partial charge in [0.1, 0.15) is 11.0 Å². The Hall–Kier alpha value is -2.50. The number of nitrogens with one attached hydrogen (secondary N) is 1. The van der Waals surface area contributed by atoms with E-state index in [1.807, 2.05) is 24.3 Å². The second-order valence-corrected chi connectivity index (χ2v) is 9.44. The molecule has 3 rings (SSSR count). The number of carbonyl (C=O) groups is 1. The number of aromatic nitrogens is 1. The highest BCUT2D eigenvalue weighted by Gasteiger charge is 2.20. The maximum atomic E-state index is 13.1. The fourth-order valence-corrected chi connectivity index (χ4v) is 4.11. The lowest BCUT2D eigenvalue weighted by Crippen LogP contribution is -2.15. The molecule has 0 saturated heterocycles. The minimum Gasteiger partial charge on any atom is -0.300 e. The topological polar surface area (TPSA) is 59.1 Å². The molecule has 1 N–H and O–H groups in total. The van der Waals surface area contributed by atoms with Gasteiger partial charge in [0.2, 0.25) is 0 Å². The lowest BCUT2D eigenvalue weighted by molar-refractivity contribution is 0.103. The maximum Gasteiger partial charge on any atom is 0.197 e. The number of hydrogen-bond donors (Lipinski definition) is 1. The highest BCUT2D eigenvalue weighted by molar-refractivity contribution is 7.86. The summed E-state index contributed by atoms with van der Waals surface area (Å²) in [5, 5.41) is 0.433. The number of ketones is 1. The fourth-order valence-electron chi connectivity index (χ4n) is 3.06. The summed E-state index contributed by atoms with van der Waals surface area (Å²) < 4.78 is 15.9. The Morgan fingerprint density at radius 3 is 2.43 bits per heavy atom. The SMILES string of the molecule is CCC(C)(C)c1ccc(S(=O)Nc2ccc(Cl)cc2C(=O)c2cccnc2C)cc1. The van der Waals surface area contributed by atoms with Gasteiger partial charge in [-0.25, -0.2) is 4.21 Å². The predicted octanol–water partition coefficient (Wildman–Crippen LogP) is 6.10. The van der Waals surface area contributed by atoms with Crippen molar-refractivity contribution in [2.45, 2.75) is 44.4 Å². The first kappa shape index (κ1) is 22.2. The van der Waals surface area contributed by atoms with Crippen molar-refractivity contribution in [2.75, 3.05) is 4.72 Å². The molecule has 4 nitrogen and oxygen atoms in total. The molecule has 0 aliphatic rings. The average molecular weight is 441 g/mol. The first-order valence-corrected chi connectivity index (χ1v) is 11.3. The van der Waals surface area contributed by atoms with Gasteiger partial charge in [-0.05, 0) is 66.8 Å². The number of rotatable bonds is 7. The van der Waals surface area contributed by atoms with Crippen molar-refractivity contribution in [3.8, 4) is 0 Å². The van der Waals surface area contributed by atoms with Crippen LogP contribution in [-0.2, 0) is 16.4 Å². The van der Waals surface area contributed by atoms with Crippen molar-refractivity contribution in [2.24, 2.45) is 0 Å². The van der Waals surface area contributed by atoms with Crippen LogP contribution in [0.4, 0.5) is 5.69 Å². The van der Waals surface area contributed by atoms with Crippen LogP contribution in [0.15, 0.2) is 65.7 Å². The van der Waals surface area contributed by atoms with E-state index in [4.69, 9.17) is 11.6 Å². The minimum absolute atomic E-state index is 0.0603. The number of pyridine rings is 1. The van der Waals surface area contributed by atoms with Crippen molar-refractivity contribution >= 4 is 34.1 Å². The first-order valence-electron chi connectivity index (χ1n) is 9.78. The van der Waals surface area contributed by atoms with E-state index < -0.39 is 11.0 Å². The summed E-state index contributed by atoms with van der Waals surface area (Å²) >= 11 is 6.14. The zero-order valence-corrected chi connectivity index (χ0v) is 19.1. The number of benzene rings is 2. The third-order valence-electron chi connectivity index (χ3n) is 5.41. The Labute approximate surface area is 185 Å². The molecule has 0 spiro atoms. The summed E-state index contributed by atoms with van der Waals surface area (Å²) in [4.78, 5) is 17.9. The summed E-state index contributed by atoms with van der Waals surface area (Å²) in [6.07, 6.45) is 2.65. The minimum atomic E-state index is -1.53. The molecule has 30 heavy (non-hydrogen) atoms. The largest absolute Gasteiger partial charge is 0.300 e. The lowest BCUT2D eigenvalue weighted by atomic mass is 9.82. The molecule has 6 heteroatoms. The fraction of sp³-hybridized carbons (Fsp3) is 0.250. The van der Waals surface area contributed by atoms with Gasteiger partial charge in [-0.1, -0.05) is 44.5 Å². The molecule has 1 atom stereocenters. The van der Waals surface area contributed by atoms with Crippen LogP contribution >= 0.6 is 11.6 Å². The van der Waals surface area contributed by atoms with Gasteiger partial charge >= 0.3 is 0 Å². The Balaban J connectivity index is 1.89. The number of anilines is 1. The molecule has 0 aliphatic carbocycles. The highest BCUT2D eigenvalue weighted by Crippen LogP contribution is 2.28. The molecule has 0 fully saturated rings. The van der Waals surface area contributed by atoms with Crippen LogP contribution in [0.3, 0.4) is 0 Å². The van der Waals surface area contributed by atoms with Crippen LogP contribution in [0, 0.1) is 6.92 Å². The molecule has 156 valence electrons. The van der Waals surface area contributed by atoms with E-state index in [9.17, 15) is 9.00 Å². The number of carbonyl (C=O) groups excluding carboxylic acids is 1. The molecule has 1 heterocycles. The van der Waals surface area contributed by atoms with Gasteiger partial charge in [0.05, 0.1) is 10.6 Å². The summed E-state index contributed by atoms with van der Waals surface area (Å²) in [5.74, 6) is -0.220. The van der Waals surface area contributed by atoms with E-state index in [0.717, 1.165) is 6.42 Å². The van der Waals surface area contributed by atoms with Gasteiger partial charge in [0.25, 0.3) is 0 Å². The molecule has 3 aromatic rings. The summed E-state index contributed by atoms with van der Waals surface area (Å²) in [6.45, 7) is 8.30. The van der Waals surface area contributed by atoms with E-state index in [-0.39, 0.29) is 11.2 Å². The smallest absolute Gasteiger partial charge is 0.197 e. The molecule has 0 amide bonds. The zero-order chi connectivity index (χ0) is 21.9. The Morgan fingerprint density at radius 1 is 1.10 bits per heavy atom. The maximum absolute atomic E-state index is 13.1. The van der Waals surface area contributed by atoms with Crippen LogP contribution < -0.4 is 4.72 Å². The van der Waals surface area contributed by atoms with Crippen LogP contribution in [0.25, 0.3) is 0 Å². The molecule has 2 aromatic carbocycles. The molecular formula is C24H25ClN2O2S. The van der Waals surface area contributed by atoms with Gasteiger partial charge in [-0.3, -0.25) is 9.78 Å². The number of nitrogens with zero attached hydrogens (tertiary/aromatic N) is 1. The third-order valence-corrected chi connectivity index (χ3v) is 6.75. The molecule has 0 radical (unpaired) electrons. The summed E-state index contributed by atoms with van der Waals surface area (Å²) in [7, 11) is -1.53. The van der Waals surface area contributed by atoms with E-state index in [1.165, 1.54) is 5.56 Å². The third kappa shape index (κ3) is 4.79. The Morgan fingerprint density at radius 2 is 1.80 bits per heavy atom. The molecular weight excluding hydrogens is 416 g/mol. The number of aryl methyl sites for hydroxylation is 1. The van der Waals surface area contributed by atoms with Gasteiger partial charge in [0.15, 0.2) is 5.78 Å². The average Bonchev–Trinajstić information content (AvgIpc) is 2.75. The molecule has 0 aliphatic heterocycles. The quantitative estimate of drug-likeness (QED) is 0.452. The molecule has 1 aromatic heterocycles. The van der Waals surface area contributed by atoms with Gasteiger partial charge in [-0.2, -0.15) is 0 Å². The van der Waals surface area contributed by atoms with Crippen molar-refractivity contribution in [3.63, 3.8) is 0 Å². The van der Waals surface area contributed by atoms with Gasteiger partial charge in [0, 0.05) is 28.0 Å². The van der Waals surface area contributed by atoms with Crippen LogP contribution in [-0.4, -0.2) is 15.0 Å². The molecule has 1 unspecified atom stereocenters. The molecule has 0 bridgehead atoms. The van der Waals surface area contributed by atoms with Crippen molar-refractivity contribution in [1.29, 1.82) is 0 Å². The standard InChI is InChI=1S/C24H25ClN2O2S/c1-5-24(3,4)17-8-11-19(12-9-17)30(29)27-22-13-10-18(25)15-21(22)23(28)20-7-6-14-26-16(20)2/h6-15,27H,5H2,1-4H3. The first-order chi connectivity index (χ1) is 14.2. The number of hydrogen-bond acceptors (Lipinski definition) is 3. The second kappa shape index (κ2) is 9.11. The highest BCUT2D eigenvalue weighted by atomic mass is 35.5. The summed E-state index contributed by atoms with van der Waals surface area (Å²) in [5.41, 5.74) is 3.19. The Kier molecular flexibility index (Phi) is 6.74. The lowest BCUT2D eigenvalue weighted by Gasteiger charge is -2.23. The van der Waals surface area contributed by atoms with Crippen LogP contribution in [0.2, 0.25) is 5.02 Å². The van der Waals surface area contributed by atoms with Crippen LogP contribution in [0.5, 0.6) is 0 Å². The zero-order valence-electron chi connectivity index (χ0n) is 17.5. The van der Waals surface area contributed by atoms with Gasteiger partial charge < -0.3 is 4.72 Å². The van der Waals surface area contributed by atoms with Crippen LogP contribution in [0.1, 0.15) is 54.4 Å². The van der Waals surface area contributed by atoms with E-state index in [2.05, 4.69) is 30.5 Å². The monoisotopic (exact) mass is 440 g/mol. The van der Waals surface area contributed by atoms with Crippen molar-refractivity contribution in [1.82, 2.24) is 4.98 Å². The Bertz CT molecular complexity index is 1090. The van der Waals surface area contributed by atoms with E-state index >= 15 is 0 Å². The molecule has 0 saturated carbocycles.